The van der Waals surface area contributed by atoms with Crippen molar-refractivity contribution in [2.45, 2.75) is 60.5 Å². The molecule has 1 N–H and O–H groups in total. The zero-order valence-corrected chi connectivity index (χ0v) is 24.1. The van der Waals surface area contributed by atoms with Crippen LogP contribution in [0.1, 0.15) is 56.0 Å². The summed E-state index contributed by atoms with van der Waals surface area (Å²) >= 11 is 6.40. The van der Waals surface area contributed by atoms with Crippen molar-refractivity contribution in [2.24, 2.45) is 5.92 Å². The van der Waals surface area contributed by atoms with Crippen LogP contribution in [0.2, 0.25) is 5.02 Å². The molecule has 0 bridgehead atoms. The van der Waals surface area contributed by atoms with Gasteiger partial charge in [-0.05, 0) is 73.2 Å². The average molecular weight is 537 g/mol. The van der Waals surface area contributed by atoms with Crippen molar-refractivity contribution in [3.63, 3.8) is 0 Å². The zero-order valence-electron chi connectivity index (χ0n) is 23.3. The van der Waals surface area contributed by atoms with E-state index in [1.165, 1.54) is 5.56 Å². The molecule has 3 rings (SSSR count). The van der Waals surface area contributed by atoms with E-state index >= 15 is 0 Å². The number of anilines is 1. The first-order chi connectivity index (χ1) is 18.2. The highest BCUT2D eigenvalue weighted by Gasteiger charge is 2.23. The highest BCUT2D eigenvalue weighted by Crippen LogP contribution is 2.19. The number of urea groups is 1. The van der Waals surface area contributed by atoms with Crippen molar-refractivity contribution in [3.8, 4) is 0 Å². The molecule has 0 radical (unpaired) electrons. The molecule has 7 heteroatoms. The number of unbranched alkanes of at least 4 members (excludes halogenated alkanes) is 1. The fraction of sp³-hybridized carbons (Fsp3) is 0.419. The molecule has 6 nitrogen and oxygen atoms in total. The van der Waals surface area contributed by atoms with Crippen LogP contribution in [0.5, 0.6) is 0 Å². The molecular weight excluding hydrogens is 496 g/mol. The molecule has 0 aliphatic rings. The number of amides is 3. The third-order valence-electron chi connectivity index (χ3n) is 6.67. The smallest absolute Gasteiger partial charge is 0.322 e. The maximum Gasteiger partial charge on any atom is 0.322 e. The molecule has 0 spiro atoms. The Morgan fingerprint density at radius 2 is 1.76 bits per heavy atom. The number of carbonyl (C=O) groups is 2. The first-order valence-corrected chi connectivity index (χ1v) is 13.8. The number of hydrogen-bond donors (Lipinski definition) is 1. The quantitative estimate of drug-likeness (QED) is 0.268. The van der Waals surface area contributed by atoms with E-state index in [0.29, 0.717) is 32.1 Å². The van der Waals surface area contributed by atoms with Crippen LogP contribution in [-0.4, -0.2) is 45.9 Å². The lowest BCUT2D eigenvalue weighted by molar-refractivity contribution is -0.133. The summed E-state index contributed by atoms with van der Waals surface area (Å²) in [5.41, 5.74) is 5.08. The summed E-state index contributed by atoms with van der Waals surface area (Å²) in [6.07, 6.45) is 3.78. The van der Waals surface area contributed by atoms with Gasteiger partial charge in [0.15, 0.2) is 0 Å². The number of hydrogen-bond acceptors (Lipinski definition) is 2. The van der Waals surface area contributed by atoms with Crippen LogP contribution in [0.25, 0.3) is 0 Å². The molecule has 0 atom stereocenters. The van der Waals surface area contributed by atoms with Crippen molar-refractivity contribution in [3.05, 3.63) is 88.2 Å². The van der Waals surface area contributed by atoms with Gasteiger partial charge in [0.1, 0.15) is 6.54 Å². The van der Waals surface area contributed by atoms with Crippen LogP contribution in [0.4, 0.5) is 10.5 Å². The third kappa shape index (κ3) is 8.38. The Morgan fingerprint density at radius 1 is 1.00 bits per heavy atom. The van der Waals surface area contributed by atoms with Gasteiger partial charge in [-0.25, -0.2) is 4.79 Å². The molecule has 0 saturated carbocycles. The van der Waals surface area contributed by atoms with Crippen LogP contribution in [0, 0.1) is 19.8 Å². The SMILES string of the molecule is CCCCN(CC(=O)N(Cc1cccn1Cc1ccccc1Cl)CC(C)C)C(=O)Nc1ccc(C)c(C)c1. The summed E-state index contributed by atoms with van der Waals surface area (Å²) in [7, 11) is 0. The Kier molecular flexibility index (Phi) is 10.8. The number of carbonyl (C=O) groups excluding carboxylic acids is 2. The van der Waals surface area contributed by atoms with Gasteiger partial charge in [-0.3, -0.25) is 4.79 Å². The molecule has 0 unspecified atom stereocenters. The normalized spacial score (nSPS) is 11.0. The largest absolute Gasteiger partial charge is 0.345 e. The Labute approximate surface area is 232 Å². The fourth-order valence-electron chi connectivity index (χ4n) is 4.33. The lowest BCUT2D eigenvalue weighted by Crippen LogP contribution is -2.45. The molecule has 38 heavy (non-hydrogen) atoms. The summed E-state index contributed by atoms with van der Waals surface area (Å²) < 4.78 is 2.13. The number of rotatable bonds is 12. The molecule has 204 valence electrons. The number of nitrogens with one attached hydrogen (secondary N) is 1. The maximum absolute atomic E-state index is 13.6. The summed E-state index contributed by atoms with van der Waals surface area (Å²) in [5, 5.41) is 3.72. The van der Waals surface area contributed by atoms with Crippen molar-refractivity contribution < 1.29 is 9.59 Å². The Morgan fingerprint density at radius 3 is 2.45 bits per heavy atom. The summed E-state index contributed by atoms with van der Waals surface area (Å²) in [5.74, 6) is 0.231. The van der Waals surface area contributed by atoms with E-state index in [0.717, 1.165) is 40.4 Å². The minimum absolute atomic E-state index is 0.0363. The van der Waals surface area contributed by atoms with Crippen LogP contribution < -0.4 is 5.32 Å². The molecule has 2 aromatic carbocycles. The Bertz CT molecular complexity index is 1220. The molecule has 0 saturated heterocycles. The third-order valence-corrected chi connectivity index (χ3v) is 7.03. The van der Waals surface area contributed by atoms with Crippen LogP contribution in [0.3, 0.4) is 0 Å². The van der Waals surface area contributed by atoms with Gasteiger partial charge in [-0.2, -0.15) is 0 Å². The van der Waals surface area contributed by atoms with Gasteiger partial charge in [0.05, 0.1) is 6.54 Å². The van der Waals surface area contributed by atoms with Gasteiger partial charge in [-0.15, -0.1) is 0 Å². The monoisotopic (exact) mass is 536 g/mol. The summed E-state index contributed by atoms with van der Waals surface area (Å²) in [6.45, 7) is 12.6. The summed E-state index contributed by atoms with van der Waals surface area (Å²) in [6, 6.07) is 17.5. The van der Waals surface area contributed by atoms with Crippen LogP contribution >= 0.6 is 11.6 Å². The van der Waals surface area contributed by atoms with Crippen molar-refractivity contribution in [1.82, 2.24) is 14.4 Å². The second-order valence-electron chi connectivity index (χ2n) is 10.4. The molecule has 1 aromatic heterocycles. The first-order valence-electron chi connectivity index (χ1n) is 13.5. The van der Waals surface area contributed by atoms with Gasteiger partial charge >= 0.3 is 6.03 Å². The number of benzene rings is 2. The number of halogens is 1. The molecule has 3 aromatic rings. The van der Waals surface area contributed by atoms with E-state index in [4.69, 9.17) is 11.6 Å². The number of nitrogens with zero attached hydrogens (tertiary/aromatic N) is 3. The average Bonchev–Trinajstić information content (AvgIpc) is 3.31. The van der Waals surface area contributed by atoms with E-state index < -0.39 is 0 Å². The molecule has 0 fully saturated rings. The van der Waals surface area contributed by atoms with Crippen LogP contribution in [0.15, 0.2) is 60.8 Å². The molecular formula is C31H41ClN4O2. The molecule has 0 aliphatic carbocycles. The minimum atomic E-state index is -0.248. The van der Waals surface area contributed by atoms with Gasteiger partial charge < -0.3 is 19.7 Å². The van der Waals surface area contributed by atoms with E-state index in [9.17, 15) is 9.59 Å². The minimum Gasteiger partial charge on any atom is -0.345 e. The van der Waals surface area contributed by atoms with Crippen molar-refractivity contribution in [1.29, 1.82) is 0 Å². The number of aryl methyl sites for hydroxylation is 2. The Balaban J connectivity index is 1.75. The lowest BCUT2D eigenvalue weighted by Gasteiger charge is -2.29. The van der Waals surface area contributed by atoms with E-state index in [-0.39, 0.29) is 18.5 Å². The highest BCUT2D eigenvalue weighted by molar-refractivity contribution is 6.31. The van der Waals surface area contributed by atoms with Gasteiger partial charge in [-0.1, -0.05) is 63.1 Å². The molecule has 1 heterocycles. The first kappa shape index (κ1) is 29.3. The topological polar surface area (TPSA) is 57.6 Å². The van der Waals surface area contributed by atoms with Gasteiger partial charge in [0.25, 0.3) is 0 Å². The van der Waals surface area contributed by atoms with Crippen LogP contribution in [-0.2, 0) is 17.9 Å². The fourth-order valence-corrected chi connectivity index (χ4v) is 4.53. The van der Waals surface area contributed by atoms with Crippen molar-refractivity contribution in [2.75, 3.05) is 25.0 Å². The van der Waals surface area contributed by atoms with Gasteiger partial charge in [0.2, 0.25) is 5.91 Å². The predicted molar refractivity (Wildman–Crippen MR) is 157 cm³/mol. The van der Waals surface area contributed by atoms with E-state index in [1.54, 1.807) is 4.90 Å². The van der Waals surface area contributed by atoms with E-state index in [1.807, 2.05) is 79.5 Å². The summed E-state index contributed by atoms with van der Waals surface area (Å²) in [4.78, 5) is 30.4. The van der Waals surface area contributed by atoms with Crippen molar-refractivity contribution >= 4 is 29.2 Å². The highest BCUT2D eigenvalue weighted by atomic mass is 35.5. The zero-order chi connectivity index (χ0) is 27.7. The Hall–Kier alpha value is -3.25. The standard InChI is InChI=1S/C31H41ClN4O2/c1-6-7-16-35(31(38)33-27-15-14-24(4)25(5)18-27)22-30(37)36(19-23(2)3)21-28-12-10-17-34(28)20-26-11-8-9-13-29(26)32/h8-15,17-18,23H,6-7,16,19-22H2,1-5H3,(H,33,38). The molecule has 0 aliphatic heterocycles. The second kappa shape index (κ2) is 14.1. The number of aromatic nitrogens is 1. The second-order valence-corrected chi connectivity index (χ2v) is 10.8. The lowest BCUT2D eigenvalue weighted by atomic mass is 10.1. The predicted octanol–water partition coefficient (Wildman–Crippen LogP) is 7.13. The van der Waals surface area contributed by atoms with E-state index in [2.05, 4.69) is 30.7 Å². The maximum atomic E-state index is 13.6. The van der Waals surface area contributed by atoms with Gasteiger partial charge in [0, 0.05) is 42.2 Å². The molecule has 3 amide bonds.